The van der Waals surface area contributed by atoms with Crippen LogP contribution in [0.4, 0.5) is 10.1 Å². The summed E-state index contributed by atoms with van der Waals surface area (Å²) < 4.78 is 19.2. The summed E-state index contributed by atoms with van der Waals surface area (Å²) in [5.74, 6) is -0.881. The number of ether oxygens (including phenoxy) is 1. The number of nitro groups is 1. The molecule has 0 fully saturated rings. The SMILES string of the molecule is Cc1cc(Oc2ncc(C=O)cc2C)c(F)cc1[N+](=O)[O-]. The van der Waals surface area contributed by atoms with Crippen LogP contribution >= 0.6 is 0 Å². The maximum Gasteiger partial charge on any atom is 0.275 e. The number of nitro benzene ring substituents is 1. The van der Waals surface area contributed by atoms with Crippen LogP contribution in [-0.2, 0) is 0 Å². The maximum atomic E-state index is 13.8. The Bertz CT molecular complexity index is 731. The lowest BCUT2D eigenvalue weighted by atomic mass is 10.2. The molecular weight excluding hydrogens is 279 g/mol. The lowest BCUT2D eigenvalue weighted by Gasteiger charge is -2.09. The number of aldehydes is 1. The fraction of sp³-hybridized carbons (Fsp3) is 0.143. The fourth-order valence-electron chi connectivity index (χ4n) is 1.78. The number of halogens is 1. The molecule has 2 aromatic rings. The van der Waals surface area contributed by atoms with Crippen molar-refractivity contribution in [2.24, 2.45) is 0 Å². The van der Waals surface area contributed by atoms with Gasteiger partial charge in [0, 0.05) is 22.9 Å². The lowest BCUT2D eigenvalue weighted by molar-refractivity contribution is -0.385. The van der Waals surface area contributed by atoms with Crippen LogP contribution in [0.1, 0.15) is 21.5 Å². The van der Waals surface area contributed by atoms with Gasteiger partial charge in [0.05, 0.1) is 11.0 Å². The predicted octanol–water partition coefficient (Wildman–Crippen LogP) is 3.35. The van der Waals surface area contributed by atoms with Gasteiger partial charge < -0.3 is 4.74 Å². The molecule has 7 heteroatoms. The second-order valence-corrected chi connectivity index (χ2v) is 4.44. The highest BCUT2D eigenvalue weighted by Crippen LogP contribution is 2.30. The highest BCUT2D eigenvalue weighted by molar-refractivity contribution is 5.74. The van der Waals surface area contributed by atoms with E-state index in [4.69, 9.17) is 4.74 Å². The van der Waals surface area contributed by atoms with Crippen molar-refractivity contribution < 1.29 is 18.8 Å². The van der Waals surface area contributed by atoms with E-state index in [1.54, 1.807) is 13.0 Å². The quantitative estimate of drug-likeness (QED) is 0.490. The number of aromatic nitrogens is 1. The Balaban J connectivity index is 2.38. The Morgan fingerprint density at radius 2 is 2.00 bits per heavy atom. The molecule has 0 N–H and O–H groups in total. The molecular formula is C14H11FN2O4. The van der Waals surface area contributed by atoms with Crippen LogP contribution in [0.15, 0.2) is 24.4 Å². The van der Waals surface area contributed by atoms with Crippen molar-refractivity contribution in [2.45, 2.75) is 13.8 Å². The van der Waals surface area contributed by atoms with E-state index in [1.165, 1.54) is 19.2 Å². The molecule has 0 amide bonds. The molecule has 0 unspecified atom stereocenters. The first-order valence-corrected chi connectivity index (χ1v) is 5.96. The Morgan fingerprint density at radius 1 is 1.29 bits per heavy atom. The van der Waals surface area contributed by atoms with Crippen molar-refractivity contribution in [1.82, 2.24) is 4.98 Å². The highest BCUT2D eigenvalue weighted by atomic mass is 19.1. The predicted molar refractivity (Wildman–Crippen MR) is 72.2 cm³/mol. The first kappa shape index (κ1) is 14.6. The van der Waals surface area contributed by atoms with Gasteiger partial charge in [0.1, 0.15) is 0 Å². The van der Waals surface area contributed by atoms with Gasteiger partial charge in [0.25, 0.3) is 5.69 Å². The number of nitrogens with zero attached hydrogens (tertiary/aromatic N) is 2. The molecule has 108 valence electrons. The van der Waals surface area contributed by atoms with E-state index in [1.807, 2.05) is 0 Å². The minimum atomic E-state index is -0.854. The molecule has 6 nitrogen and oxygen atoms in total. The Labute approximate surface area is 119 Å². The maximum absolute atomic E-state index is 13.8. The Kier molecular flexibility index (Phi) is 3.93. The van der Waals surface area contributed by atoms with Crippen LogP contribution in [0.2, 0.25) is 0 Å². The molecule has 1 aromatic carbocycles. The van der Waals surface area contributed by atoms with E-state index in [0.29, 0.717) is 17.4 Å². The summed E-state index contributed by atoms with van der Waals surface area (Å²) in [7, 11) is 0. The van der Waals surface area contributed by atoms with Gasteiger partial charge in [-0.15, -0.1) is 0 Å². The fourth-order valence-corrected chi connectivity index (χ4v) is 1.78. The summed E-state index contributed by atoms with van der Waals surface area (Å²) in [5, 5.41) is 10.7. The Morgan fingerprint density at radius 3 is 2.57 bits per heavy atom. The van der Waals surface area contributed by atoms with Crippen LogP contribution < -0.4 is 4.74 Å². The van der Waals surface area contributed by atoms with E-state index in [2.05, 4.69) is 4.98 Å². The number of aryl methyl sites for hydroxylation is 2. The molecule has 1 heterocycles. The number of hydrogen-bond acceptors (Lipinski definition) is 5. The first-order valence-electron chi connectivity index (χ1n) is 5.96. The number of benzene rings is 1. The summed E-state index contributed by atoms with van der Waals surface area (Å²) in [6.45, 7) is 3.14. The molecule has 0 aliphatic rings. The van der Waals surface area contributed by atoms with E-state index in [0.717, 1.165) is 6.07 Å². The van der Waals surface area contributed by atoms with Gasteiger partial charge in [0.2, 0.25) is 5.88 Å². The number of hydrogen-bond donors (Lipinski definition) is 0. The lowest BCUT2D eigenvalue weighted by Crippen LogP contribution is -1.98. The molecule has 0 aliphatic carbocycles. The molecule has 0 bridgehead atoms. The minimum Gasteiger partial charge on any atom is -0.436 e. The molecule has 0 aliphatic heterocycles. The van der Waals surface area contributed by atoms with E-state index < -0.39 is 10.7 Å². The van der Waals surface area contributed by atoms with Gasteiger partial charge in [-0.2, -0.15) is 0 Å². The van der Waals surface area contributed by atoms with Crippen molar-refractivity contribution in [3.8, 4) is 11.6 Å². The van der Waals surface area contributed by atoms with Crippen molar-refractivity contribution >= 4 is 12.0 Å². The average Bonchev–Trinajstić information content (AvgIpc) is 2.44. The third kappa shape index (κ3) is 3.02. The second-order valence-electron chi connectivity index (χ2n) is 4.44. The van der Waals surface area contributed by atoms with Crippen molar-refractivity contribution in [3.05, 3.63) is 57.0 Å². The zero-order valence-corrected chi connectivity index (χ0v) is 11.3. The number of rotatable bonds is 4. The third-order valence-electron chi connectivity index (χ3n) is 2.84. The van der Waals surface area contributed by atoms with E-state index >= 15 is 0 Å². The summed E-state index contributed by atoms with van der Waals surface area (Å²) in [5.41, 5.74) is 0.884. The summed E-state index contributed by atoms with van der Waals surface area (Å²) >= 11 is 0. The molecule has 0 spiro atoms. The summed E-state index contributed by atoms with van der Waals surface area (Å²) in [4.78, 5) is 24.6. The van der Waals surface area contributed by atoms with Gasteiger partial charge in [-0.05, 0) is 26.0 Å². The molecule has 1 aromatic heterocycles. The van der Waals surface area contributed by atoms with Crippen molar-refractivity contribution in [1.29, 1.82) is 0 Å². The van der Waals surface area contributed by atoms with Crippen LogP contribution in [0.3, 0.4) is 0 Å². The van der Waals surface area contributed by atoms with Gasteiger partial charge in [-0.3, -0.25) is 14.9 Å². The van der Waals surface area contributed by atoms with Gasteiger partial charge in [-0.1, -0.05) is 0 Å². The highest BCUT2D eigenvalue weighted by Gasteiger charge is 2.17. The van der Waals surface area contributed by atoms with E-state index in [-0.39, 0.29) is 22.9 Å². The van der Waals surface area contributed by atoms with Crippen molar-refractivity contribution in [2.75, 3.05) is 0 Å². The molecule has 0 saturated carbocycles. The van der Waals surface area contributed by atoms with Gasteiger partial charge in [0.15, 0.2) is 17.9 Å². The van der Waals surface area contributed by atoms with Crippen molar-refractivity contribution in [3.63, 3.8) is 0 Å². The zero-order chi connectivity index (χ0) is 15.6. The summed E-state index contributed by atoms with van der Waals surface area (Å²) in [6, 6.07) is 3.59. The number of carbonyl (C=O) groups excluding carboxylic acids is 1. The zero-order valence-electron chi connectivity index (χ0n) is 11.3. The van der Waals surface area contributed by atoms with Crippen LogP contribution in [0, 0.1) is 29.8 Å². The minimum absolute atomic E-state index is 0.132. The van der Waals surface area contributed by atoms with Crippen LogP contribution in [0.25, 0.3) is 0 Å². The van der Waals surface area contributed by atoms with Gasteiger partial charge in [-0.25, -0.2) is 9.37 Å². The molecule has 0 atom stereocenters. The van der Waals surface area contributed by atoms with Crippen LogP contribution in [-0.4, -0.2) is 16.2 Å². The molecule has 0 saturated heterocycles. The smallest absolute Gasteiger partial charge is 0.275 e. The Hall–Kier alpha value is -2.83. The summed E-state index contributed by atoms with van der Waals surface area (Å²) in [6.07, 6.45) is 1.94. The second kappa shape index (κ2) is 5.66. The molecule has 0 radical (unpaired) electrons. The normalized spacial score (nSPS) is 10.2. The number of carbonyl (C=O) groups is 1. The van der Waals surface area contributed by atoms with Gasteiger partial charge >= 0.3 is 0 Å². The standard InChI is InChI=1S/C14H11FN2O4/c1-8-4-13(11(15)5-12(8)17(19)20)21-14-9(2)3-10(7-18)6-16-14/h3-7H,1-2H3. The average molecular weight is 290 g/mol. The third-order valence-corrected chi connectivity index (χ3v) is 2.84. The number of pyridine rings is 1. The first-order chi connectivity index (χ1) is 9.92. The van der Waals surface area contributed by atoms with Crippen LogP contribution in [0.5, 0.6) is 11.6 Å². The molecule has 2 rings (SSSR count). The monoisotopic (exact) mass is 290 g/mol. The van der Waals surface area contributed by atoms with E-state index in [9.17, 15) is 19.3 Å². The molecule has 21 heavy (non-hydrogen) atoms. The topological polar surface area (TPSA) is 82.3 Å². The largest absolute Gasteiger partial charge is 0.436 e.